The molecule has 0 heterocycles. The molecule has 1 saturated carbocycles. The molecule has 4 nitrogen and oxygen atoms in total. The van der Waals surface area contributed by atoms with Crippen LogP contribution >= 0.6 is 0 Å². The van der Waals surface area contributed by atoms with E-state index in [2.05, 4.69) is 20.8 Å². The van der Waals surface area contributed by atoms with Gasteiger partial charge in [-0.05, 0) is 61.5 Å². The topological polar surface area (TPSA) is 41.9 Å². The zero-order valence-corrected chi connectivity index (χ0v) is 17.3. The molecule has 1 aromatic carbocycles. The number of benzene rings is 1. The summed E-state index contributed by atoms with van der Waals surface area (Å²) in [6.07, 6.45) is 4.91. The maximum absolute atomic E-state index is 13.2. The van der Waals surface area contributed by atoms with Gasteiger partial charge in [0.25, 0.3) is 0 Å². The van der Waals surface area contributed by atoms with Crippen molar-refractivity contribution < 1.29 is 19.1 Å². The Bertz CT molecular complexity index is 565. The molecule has 0 bridgehead atoms. The quantitative estimate of drug-likeness (QED) is 0.479. The largest absolute Gasteiger partial charge is 0.491 e. The van der Waals surface area contributed by atoms with E-state index < -0.39 is 0 Å². The molecule has 0 aromatic heterocycles. The van der Waals surface area contributed by atoms with Crippen LogP contribution in [0.3, 0.4) is 0 Å². The SMILES string of the molecule is Cc1ccc(F)cc1OCCOCCN(O)CC1CCC(C(C)(C)C)CC1. The third-order valence-electron chi connectivity index (χ3n) is 5.67. The van der Waals surface area contributed by atoms with Gasteiger partial charge in [-0.1, -0.05) is 26.8 Å². The van der Waals surface area contributed by atoms with Crippen molar-refractivity contribution in [3.8, 4) is 5.75 Å². The Labute approximate surface area is 163 Å². The van der Waals surface area contributed by atoms with E-state index in [4.69, 9.17) is 9.47 Å². The molecule has 0 aliphatic heterocycles. The van der Waals surface area contributed by atoms with Gasteiger partial charge in [-0.25, -0.2) is 4.39 Å². The number of aryl methyl sites for hydroxylation is 1. The Morgan fingerprint density at radius 2 is 1.81 bits per heavy atom. The number of hydroxylamine groups is 2. The molecule has 1 aromatic rings. The second-order valence-corrected chi connectivity index (χ2v) is 8.87. The lowest BCUT2D eigenvalue weighted by atomic mass is 9.70. The molecule has 0 amide bonds. The Morgan fingerprint density at radius 1 is 1.11 bits per heavy atom. The lowest BCUT2D eigenvalue weighted by Crippen LogP contribution is -2.33. The van der Waals surface area contributed by atoms with Gasteiger partial charge in [0, 0.05) is 19.2 Å². The van der Waals surface area contributed by atoms with E-state index >= 15 is 0 Å². The Hall–Kier alpha value is -1.17. The summed E-state index contributed by atoms with van der Waals surface area (Å²) in [6, 6.07) is 4.51. The van der Waals surface area contributed by atoms with Crippen LogP contribution in [0.1, 0.15) is 52.0 Å². The third-order valence-corrected chi connectivity index (χ3v) is 5.67. The molecule has 27 heavy (non-hydrogen) atoms. The molecular formula is C22H36FNO3. The summed E-state index contributed by atoms with van der Waals surface area (Å²) >= 11 is 0. The van der Waals surface area contributed by atoms with Crippen LogP contribution in [0.4, 0.5) is 4.39 Å². The van der Waals surface area contributed by atoms with E-state index in [0.29, 0.717) is 43.4 Å². The minimum atomic E-state index is -0.302. The van der Waals surface area contributed by atoms with Gasteiger partial charge in [-0.2, -0.15) is 5.06 Å². The van der Waals surface area contributed by atoms with Crippen molar-refractivity contribution >= 4 is 0 Å². The van der Waals surface area contributed by atoms with Crippen LogP contribution in [-0.4, -0.2) is 43.2 Å². The maximum Gasteiger partial charge on any atom is 0.126 e. The highest BCUT2D eigenvalue weighted by Gasteiger charge is 2.30. The summed E-state index contributed by atoms with van der Waals surface area (Å²) in [5.41, 5.74) is 1.29. The van der Waals surface area contributed by atoms with E-state index in [0.717, 1.165) is 18.0 Å². The van der Waals surface area contributed by atoms with E-state index in [9.17, 15) is 9.60 Å². The van der Waals surface area contributed by atoms with Crippen molar-refractivity contribution in [1.29, 1.82) is 0 Å². The van der Waals surface area contributed by atoms with Crippen molar-refractivity contribution in [2.75, 3.05) is 32.9 Å². The van der Waals surface area contributed by atoms with Crippen LogP contribution in [0.25, 0.3) is 0 Å². The summed E-state index contributed by atoms with van der Waals surface area (Å²) in [4.78, 5) is 0. The van der Waals surface area contributed by atoms with Crippen molar-refractivity contribution in [2.45, 2.75) is 53.4 Å². The summed E-state index contributed by atoms with van der Waals surface area (Å²) < 4.78 is 24.3. The predicted octanol–water partition coefficient (Wildman–Crippen LogP) is 5.07. The van der Waals surface area contributed by atoms with E-state index in [1.165, 1.54) is 42.9 Å². The van der Waals surface area contributed by atoms with Crippen molar-refractivity contribution in [3.63, 3.8) is 0 Å². The summed E-state index contributed by atoms with van der Waals surface area (Å²) in [5.74, 6) is 1.62. The highest BCUT2D eigenvalue weighted by molar-refractivity contribution is 5.32. The van der Waals surface area contributed by atoms with Gasteiger partial charge in [0.05, 0.1) is 13.2 Å². The van der Waals surface area contributed by atoms with Crippen LogP contribution in [-0.2, 0) is 4.74 Å². The fourth-order valence-electron chi connectivity index (χ4n) is 3.81. The van der Waals surface area contributed by atoms with E-state index in [-0.39, 0.29) is 5.82 Å². The Morgan fingerprint density at radius 3 is 2.48 bits per heavy atom. The zero-order chi connectivity index (χ0) is 19.9. The molecule has 1 aliphatic rings. The van der Waals surface area contributed by atoms with E-state index in [1.807, 2.05) is 6.92 Å². The molecule has 0 spiro atoms. The van der Waals surface area contributed by atoms with Gasteiger partial charge in [0.2, 0.25) is 0 Å². The van der Waals surface area contributed by atoms with Crippen LogP contribution in [0.2, 0.25) is 0 Å². The number of halogens is 1. The van der Waals surface area contributed by atoms with Gasteiger partial charge in [0.15, 0.2) is 0 Å². The average Bonchev–Trinajstić information content (AvgIpc) is 2.60. The number of hydrogen-bond acceptors (Lipinski definition) is 4. The first-order valence-electron chi connectivity index (χ1n) is 10.2. The first kappa shape index (κ1) is 22.1. The highest BCUT2D eigenvalue weighted by Crippen LogP contribution is 2.39. The first-order valence-corrected chi connectivity index (χ1v) is 10.2. The highest BCUT2D eigenvalue weighted by atomic mass is 19.1. The molecule has 0 atom stereocenters. The normalized spacial score (nSPS) is 20.9. The minimum absolute atomic E-state index is 0.302. The predicted molar refractivity (Wildman–Crippen MR) is 106 cm³/mol. The van der Waals surface area contributed by atoms with Gasteiger partial charge >= 0.3 is 0 Å². The first-order chi connectivity index (χ1) is 12.8. The molecular weight excluding hydrogens is 345 g/mol. The van der Waals surface area contributed by atoms with Crippen molar-refractivity contribution in [2.24, 2.45) is 17.3 Å². The fraction of sp³-hybridized carbons (Fsp3) is 0.727. The monoisotopic (exact) mass is 381 g/mol. The van der Waals surface area contributed by atoms with Gasteiger partial charge < -0.3 is 14.7 Å². The molecule has 5 heteroatoms. The summed E-state index contributed by atoms with van der Waals surface area (Å²) in [7, 11) is 0. The molecule has 1 fully saturated rings. The fourth-order valence-corrected chi connectivity index (χ4v) is 3.81. The summed E-state index contributed by atoms with van der Waals surface area (Å²) in [6.45, 7) is 11.3. The maximum atomic E-state index is 13.2. The molecule has 154 valence electrons. The Balaban J connectivity index is 1.54. The van der Waals surface area contributed by atoms with Crippen LogP contribution in [0.15, 0.2) is 18.2 Å². The van der Waals surface area contributed by atoms with Crippen LogP contribution < -0.4 is 4.74 Å². The second-order valence-electron chi connectivity index (χ2n) is 8.87. The number of nitrogens with zero attached hydrogens (tertiary/aromatic N) is 1. The molecule has 0 saturated heterocycles. The number of ether oxygens (including phenoxy) is 2. The molecule has 1 N–H and O–H groups in total. The lowest BCUT2D eigenvalue weighted by molar-refractivity contribution is -0.118. The summed E-state index contributed by atoms with van der Waals surface area (Å²) in [5, 5.41) is 11.5. The zero-order valence-electron chi connectivity index (χ0n) is 17.3. The second kappa shape index (κ2) is 10.4. The molecule has 0 radical (unpaired) electrons. The minimum Gasteiger partial charge on any atom is -0.491 e. The standard InChI is InChI=1S/C22H36FNO3/c1-17-5-10-20(23)15-21(17)27-14-13-26-12-11-24(25)16-18-6-8-19(9-7-18)22(2,3)4/h5,10,15,18-19,25H,6-9,11-14,16H2,1-4H3. The van der Waals surface area contributed by atoms with Gasteiger partial charge in [-0.15, -0.1) is 0 Å². The molecule has 2 rings (SSSR count). The average molecular weight is 382 g/mol. The van der Waals surface area contributed by atoms with Gasteiger partial charge in [0.1, 0.15) is 18.2 Å². The molecule has 0 unspecified atom stereocenters. The molecule has 1 aliphatic carbocycles. The number of hydrogen-bond donors (Lipinski definition) is 1. The lowest BCUT2D eigenvalue weighted by Gasteiger charge is -2.37. The Kier molecular flexibility index (Phi) is 8.52. The smallest absolute Gasteiger partial charge is 0.126 e. The van der Waals surface area contributed by atoms with Crippen LogP contribution in [0, 0.1) is 30.0 Å². The van der Waals surface area contributed by atoms with Crippen LogP contribution in [0.5, 0.6) is 5.75 Å². The van der Waals surface area contributed by atoms with Gasteiger partial charge in [-0.3, -0.25) is 0 Å². The number of rotatable bonds is 9. The van der Waals surface area contributed by atoms with Crippen molar-refractivity contribution in [1.82, 2.24) is 5.06 Å². The van der Waals surface area contributed by atoms with E-state index in [1.54, 1.807) is 6.07 Å². The third kappa shape index (κ3) is 7.76. The van der Waals surface area contributed by atoms with Crippen molar-refractivity contribution in [3.05, 3.63) is 29.6 Å².